The van der Waals surface area contributed by atoms with E-state index in [2.05, 4.69) is 6.92 Å². The van der Waals surface area contributed by atoms with Gasteiger partial charge < -0.3 is 9.64 Å². The molecule has 0 unspecified atom stereocenters. The van der Waals surface area contributed by atoms with Crippen molar-refractivity contribution in [3.8, 4) is 16.9 Å². The van der Waals surface area contributed by atoms with Gasteiger partial charge in [0.2, 0.25) is 0 Å². The van der Waals surface area contributed by atoms with Crippen LogP contribution in [0, 0.1) is 6.92 Å². The largest absolute Gasteiger partial charge is 0.422 e. The predicted octanol–water partition coefficient (Wildman–Crippen LogP) is 6.72. The van der Waals surface area contributed by atoms with E-state index in [1.54, 1.807) is 54.4 Å². The Balaban J connectivity index is 1.64. The molecule has 0 aliphatic rings. The van der Waals surface area contributed by atoms with Crippen molar-refractivity contribution >= 4 is 28.9 Å². The molecule has 0 saturated carbocycles. The van der Waals surface area contributed by atoms with Crippen molar-refractivity contribution in [1.82, 2.24) is 4.90 Å². The van der Waals surface area contributed by atoms with Gasteiger partial charge >= 0.3 is 5.97 Å². The highest BCUT2D eigenvalue weighted by Crippen LogP contribution is 2.32. The number of amides is 1. The summed E-state index contributed by atoms with van der Waals surface area (Å²) in [5, 5.41) is 1.03. The molecule has 0 atom stereocenters. The zero-order chi connectivity index (χ0) is 25.7. The maximum absolute atomic E-state index is 13.2. The van der Waals surface area contributed by atoms with Crippen LogP contribution in [0.4, 0.5) is 0 Å². The number of esters is 1. The molecule has 0 radical (unpaired) electrons. The minimum Gasteiger partial charge on any atom is -0.422 e. The summed E-state index contributed by atoms with van der Waals surface area (Å²) in [6.07, 6.45) is 2.58. The molecule has 0 bridgehead atoms. The van der Waals surface area contributed by atoms with E-state index in [4.69, 9.17) is 4.74 Å². The lowest BCUT2D eigenvalue weighted by Gasteiger charge is -2.19. The fourth-order valence-corrected chi connectivity index (χ4v) is 4.18. The van der Waals surface area contributed by atoms with Gasteiger partial charge in [0.1, 0.15) is 5.75 Å². The zero-order valence-corrected chi connectivity index (χ0v) is 20.8. The van der Waals surface area contributed by atoms with Gasteiger partial charge in [-0.1, -0.05) is 73.5 Å². The number of fused-ring (bicyclic) bond motifs is 1. The standard InChI is InChI=1S/C31H29NO4/c1-4-5-19-32(3)30(34)27-17-18-28(26-8-6-7-25(20-33)29(26)27)36-31(35)24-15-13-23(14-16-24)22-11-9-21(2)10-12-22/h6-18,20H,4-5,19H2,1-3H3. The van der Waals surface area contributed by atoms with Crippen LogP contribution in [0.2, 0.25) is 0 Å². The molecule has 182 valence electrons. The Bertz CT molecular complexity index is 1410. The van der Waals surface area contributed by atoms with E-state index in [0.717, 1.165) is 30.3 Å². The number of benzene rings is 4. The molecule has 0 spiro atoms. The molecule has 4 rings (SSSR count). The first kappa shape index (κ1) is 24.9. The summed E-state index contributed by atoms with van der Waals surface area (Å²) in [4.78, 5) is 39.6. The lowest BCUT2D eigenvalue weighted by molar-refractivity contribution is 0.0736. The van der Waals surface area contributed by atoms with Crippen molar-refractivity contribution in [2.45, 2.75) is 26.7 Å². The quantitative estimate of drug-likeness (QED) is 0.160. The average molecular weight is 480 g/mol. The highest BCUT2D eigenvalue weighted by molar-refractivity contribution is 6.14. The van der Waals surface area contributed by atoms with Crippen molar-refractivity contribution in [2.24, 2.45) is 0 Å². The second kappa shape index (κ2) is 11.0. The maximum Gasteiger partial charge on any atom is 0.343 e. The number of hydrogen-bond donors (Lipinski definition) is 0. The van der Waals surface area contributed by atoms with Crippen LogP contribution in [0.5, 0.6) is 5.75 Å². The van der Waals surface area contributed by atoms with Crippen molar-refractivity contribution in [2.75, 3.05) is 13.6 Å². The first-order chi connectivity index (χ1) is 17.4. The van der Waals surface area contributed by atoms with Gasteiger partial charge in [0, 0.05) is 35.5 Å². The molecule has 0 aliphatic heterocycles. The SMILES string of the molecule is CCCCN(C)C(=O)c1ccc(OC(=O)c2ccc(-c3ccc(C)cc3)cc2)c2cccc(C=O)c12. The van der Waals surface area contributed by atoms with E-state index in [0.29, 0.717) is 39.8 Å². The Labute approximate surface area is 211 Å². The van der Waals surface area contributed by atoms with Crippen LogP contribution >= 0.6 is 0 Å². The Morgan fingerprint density at radius 3 is 2.19 bits per heavy atom. The van der Waals surface area contributed by atoms with E-state index in [9.17, 15) is 14.4 Å². The number of aldehydes is 1. The van der Waals surface area contributed by atoms with Crippen LogP contribution in [0.1, 0.15) is 56.4 Å². The van der Waals surface area contributed by atoms with Gasteiger partial charge in [-0.2, -0.15) is 0 Å². The summed E-state index contributed by atoms with van der Waals surface area (Å²) in [6, 6.07) is 23.8. The number of nitrogens with zero attached hydrogens (tertiary/aromatic N) is 1. The summed E-state index contributed by atoms with van der Waals surface area (Å²) >= 11 is 0. The van der Waals surface area contributed by atoms with Crippen LogP contribution in [0.25, 0.3) is 21.9 Å². The molecule has 0 aliphatic carbocycles. The highest BCUT2D eigenvalue weighted by Gasteiger charge is 2.20. The number of carbonyl (C=O) groups excluding carboxylic acids is 3. The minimum atomic E-state index is -0.512. The van der Waals surface area contributed by atoms with Gasteiger partial charge in [0.25, 0.3) is 5.91 Å². The molecule has 4 aromatic rings. The fraction of sp³-hybridized carbons (Fsp3) is 0.194. The number of unbranched alkanes of at least 4 members (excludes halogenated alkanes) is 1. The highest BCUT2D eigenvalue weighted by atomic mass is 16.5. The monoisotopic (exact) mass is 479 g/mol. The number of rotatable bonds is 8. The second-order valence-electron chi connectivity index (χ2n) is 8.91. The van der Waals surface area contributed by atoms with Gasteiger partial charge in [-0.25, -0.2) is 4.79 Å². The van der Waals surface area contributed by atoms with Crippen molar-refractivity contribution in [1.29, 1.82) is 0 Å². The molecule has 0 saturated heterocycles. The Morgan fingerprint density at radius 2 is 1.56 bits per heavy atom. The smallest absolute Gasteiger partial charge is 0.343 e. The van der Waals surface area contributed by atoms with Crippen molar-refractivity contribution in [3.05, 3.63) is 101 Å². The third kappa shape index (κ3) is 5.20. The fourth-order valence-electron chi connectivity index (χ4n) is 4.18. The Hall–Kier alpha value is -4.25. The first-order valence-electron chi connectivity index (χ1n) is 12.1. The number of aryl methyl sites for hydroxylation is 1. The summed E-state index contributed by atoms with van der Waals surface area (Å²) in [5.41, 5.74) is 4.45. The van der Waals surface area contributed by atoms with Gasteiger partial charge in [-0.05, 0) is 48.7 Å². The summed E-state index contributed by atoms with van der Waals surface area (Å²) in [5.74, 6) is -0.385. The van der Waals surface area contributed by atoms with E-state index in [1.807, 2.05) is 43.3 Å². The summed E-state index contributed by atoms with van der Waals surface area (Å²) in [7, 11) is 1.75. The van der Waals surface area contributed by atoms with Crippen LogP contribution in [0.15, 0.2) is 78.9 Å². The minimum absolute atomic E-state index is 0.174. The summed E-state index contributed by atoms with van der Waals surface area (Å²) in [6.45, 7) is 4.73. The van der Waals surface area contributed by atoms with Crippen LogP contribution in [-0.4, -0.2) is 36.7 Å². The molecular weight excluding hydrogens is 450 g/mol. The van der Waals surface area contributed by atoms with Gasteiger partial charge in [0.05, 0.1) is 5.56 Å². The third-order valence-corrected chi connectivity index (χ3v) is 6.29. The van der Waals surface area contributed by atoms with E-state index >= 15 is 0 Å². The normalized spacial score (nSPS) is 10.8. The Morgan fingerprint density at radius 1 is 0.889 bits per heavy atom. The Kier molecular flexibility index (Phi) is 7.59. The van der Waals surface area contributed by atoms with Gasteiger partial charge in [-0.15, -0.1) is 0 Å². The molecule has 5 nitrogen and oxygen atoms in total. The molecular formula is C31H29NO4. The van der Waals surface area contributed by atoms with E-state index < -0.39 is 5.97 Å². The van der Waals surface area contributed by atoms with Crippen LogP contribution < -0.4 is 4.74 Å². The maximum atomic E-state index is 13.2. The molecule has 5 heteroatoms. The second-order valence-corrected chi connectivity index (χ2v) is 8.91. The molecule has 0 fully saturated rings. The van der Waals surface area contributed by atoms with Gasteiger partial charge in [-0.3, -0.25) is 9.59 Å². The topological polar surface area (TPSA) is 63.7 Å². The predicted molar refractivity (Wildman–Crippen MR) is 143 cm³/mol. The molecule has 4 aromatic carbocycles. The molecule has 36 heavy (non-hydrogen) atoms. The molecule has 0 aromatic heterocycles. The van der Waals surface area contributed by atoms with E-state index in [1.165, 1.54) is 5.56 Å². The molecule has 0 heterocycles. The third-order valence-electron chi connectivity index (χ3n) is 6.29. The summed E-state index contributed by atoms with van der Waals surface area (Å²) < 4.78 is 5.75. The first-order valence-corrected chi connectivity index (χ1v) is 12.1. The lowest BCUT2D eigenvalue weighted by atomic mass is 9.98. The van der Waals surface area contributed by atoms with E-state index in [-0.39, 0.29) is 5.91 Å². The van der Waals surface area contributed by atoms with Crippen LogP contribution in [-0.2, 0) is 0 Å². The van der Waals surface area contributed by atoms with Crippen molar-refractivity contribution in [3.63, 3.8) is 0 Å². The molecule has 1 amide bonds. The molecule has 0 N–H and O–H groups in total. The zero-order valence-electron chi connectivity index (χ0n) is 20.8. The lowest BCUT2D eigenvalue weighted by Crippen LogP contribution is -2.28. The van der Waals surface area contributed by atoms with Crippen molar-refractivity contribution < 1.29 is 19.1 Å². The van der Waals surface area contributed by atoms with Crippen LogP contribution in [0.3, 0.4) is 0 Å². The number of ether oxygens (including phenoxy) is 1. The number of carbonyl (C=O) groups is 3. The number of hydrogen-bond acceptors (Lipinski definition) is 4. The van der Waals surface area contributed by atoms with Gasteiger partial charge in [0.15, 0.2) is 6.29 Å². The average Bonchev–Trinajstić information content (AvgIpc) is 2.91.